The zero-order valence-corrected chi connectivity index (χ0v) is 20.3. The van der Waals surface area contributed by atoms with Crippen LogP contribution in [0.2, 0.25) is 5.02 Å². The van der Waals surface area contributed by atoms with E-state index < -0.39 is 36.4 Å². The van der Waals surface area contributed by atoms with Crippen LogP contribution < -0.4 is 16.0 Å². The normalized spacial score (nSPS) is 19.4. The number of aromatic nitrogens is 2. The number of halogens is 1. The maximum Gasteiger partial charge on any atom is 0.336 e. The fraction of sp³-hybridized carbons (Fsp3) is 0.435. The van der Waals surface area contributed by atoms with Crippen molar-refractivity contribution in [3.63, 3.8) is 0 Å². The van der Waals surface area contributed by atoms with E-state index >= 15 is 0 Å². The van der Waals surface area contributed by atoms with Gasteiger partial charge in [-0.1, -0.05) is 11.6 Å². The average molecular weight is 536 g/mol. The van der Waals surface area contributed by atoms with Crippen molar-refractivity contribution in [1.29, 1.82) is 0 Å². The van der Waals surface area contributed by atoms with Gasteiger partial charge >= 0.3 is 17.9 Å². The standard InChI is InChI=1S/C17H18ClN5O.C6H8O7/c18-10-3-4-13-11(6-10)14-15(24-13)16(22-17(19)21-14)23-7-9-2-1-5-20-12(9)8-23;7-3(8)1-6(13,5(11)12)2-4(9)10/h3-4,6,9,12,20H,1-2,5,7-8H2,(H2,19,21,22);13H,1-2H2,(H,7,8)(H,9,10)(H,11,12). The Labute approximate surface area is 214 Å². The van der Waals surface area contributed by atoms with E-state index in [-0.39, 0.29) is 5.95 Å². The van der Waals surface area contributed by atoms with Crippen LogP contribution in [-0.4, -0.2) is 79.6 Å². The van der Waals surface area contributed by atoms with Gasteiger partial charge in [0.1, 0.15) is 11.1 Å². The number of hydrogen-bond donors (Lipinski definition) is 6. The number of carbonyl (C=O) groups is 3. The van der Waals surface area contributed by atoms with Gasteiger partial charge in [-0.25, -0.2) is 9.78 Å². The summed E-state index contributed by atoms with van der Waals surface area (Å²) in [7, 11) is 0. The van der Waals surface area contributed by atoms with Crippen molar-refractivity contribution < 1.29 is 39.2 Å². The lowest BCUT2D eigenvalue weighted by molar-refractivity contribution is -0.170. The highest BCUT2D eigenvalue weighted by molar-refractivity contribution is 6.31. The van der Waals surface area contributed by atoms with Crippen molar-refractivity contribution in [2.75, 3.05) is 30.3 Å². The maximum atomic E-state index is 10.3. The fourth-order valence-electron chi connectivity index (χ4n) is 4.77. The van der Waals surface area contributed by atoms with Gasteiger partial charge in [-0.05, 0) is 43.5 Å². The van der Waals surface area contributed by atoms with Crippen molar-refractivity contribution >= 4 is 63.3 Å². The van der Waals surface area contributed by atoms with E-state index in [2.05, 4.69) is 20.2 Å². The predicted octanol–water partition coefficient (Wildman–Crippen LogP) is 1.55. The molecule has 14 heteroatoms. The van der Waals surface area contributed by atoms with Crippen LogP contribution in [0.4, 0.5) is 11.8 Å². The van der Waals surface area contributed by atoms with E-state index in [1.165, 1.54) is 12.8 Å². The Morgan fingerprint density at radius 1 is 1.16 bits per heavy atom. The van der Waals surface area contributed by atoms with Gasteiger partial charge in [0.05, 0.1) is 12.8 Å². The third kappa shape index (κ3) is 5.68. The topological polar surface area (TPSA) is 212 Å². The van der Waals surface area contributed by atoms with Gasteiger partial charge < -0.3 is 40.8 Å². The highest BCUT2D eigenvalue weighted by atomic mass is 35.5. The molecule has 0 spiro atoms. The second-order valence-electron chi connectivity index (χ2n) is 9.17. The number of furan rings is 1. The van der Waals surface area contributed by atoms with Gasteiger partial charge in [-0.15, -0.1) is 0 Å². The largest absolute Gasteiger partial charge is 0.481 e. The molecule has 0 radical (unpaired) electrons. The van der Waals surface area contributed by atoms with Crippen LogP contribution in [0.25, 0.3) is 22.1 Å². The van der Waals surface area contributed by atoms with Gasteiger partial charge in [0.2, 0.25) is 5.95 Å². The summed E-state index contributed by atoms with van der Waals surface area (Å²) in [6, 6.07) is 6.06. The molecule has 37 heavy (non-hydrogen) atoms. The molecule has 0 amide bonds. The number of aliphatic hydroxyl groups is 1. The number of fused-ring (bicyclic) bond motifs is 4. The fourth-order valence-corrected chi connectivity index (χ4v) is 4.94. The Kier molecular flexibility index (Phi) is 7.39. The summed E-state index contributed by atoms with van der Waals surface area (Å²) in [5, 5.41) is 39.0. The first kappa shape index (κ1) is 26.4. The molecule has 1 aromatic carbocycles. The Balaban J connectivity index is 0.000000212. The number of nitrogens with zero attached hydrogens (tertiary/aromatic N) is 3. The minimum absolute atomic E-state index is 0.267. The third-order valence-electron chi connectivity index (χ3n) is 6.46. The monoisotopic (exact) mass is 535 g/mol. The Bertz CT molecular complexity index is 1330. The molecule has 2 aliphatic heterocycles. The molecule has 5 rings (SSSR count). The molecule has 4 heterocycles. The molecule has 198 valence electrons. The molecule has 13 nitrogen and oxygen atoms in total. The molecule has 7 N–H and O–H groups in total. The Morgan fingerprint density at radius 3 is 2.49 bits per heavy atom. The van der Waals surface area contributed by atoms with E-state index in [1.807, 2.05) is 18.2 Å². The molecular weight excluding hydrogens is 510 g/mol. The number of rotatable bonds is 6. The molecule has 2 aliphatic rings. The summed E-state index contributed by atoms with van der Waals surface area (Å²) < 4.78 is 6.06. The lowest BCUT2D eigenvalue weighted by Gasteiger charge is -2.24. The second kappa shape index (κ2) is 10.4. The molecule has 2 fully saturated rings. The van der Waals surface area contributed by atoms with E-state index in [9.17, 15) is 14.4 Å². The van der Waals surface area contributed by atoms with Crippen molar-refractivity contribution in [3.05, 3.63) is 23.2 Å². The lowest BCUT2D eigenvalue weighted by Crippen LogP contribution is -2.42. The van der Waals surface area contributed by atoms with Gasteiger partial charge in [-0.3, -0.25) is 9.59 Å². The van der Waals surface area contributed by atoms with Crippen LogP contribution in [0.15, 0.2) is 22.6 Å². The summed E-state index contributed by atoms with van der Waals surface area (Å²) in [6.45, 7) is 2.99. The van der Waals surface area contributed by atoms with E-state index in [0.29, 0.717) is 22.6 Å². The molecule has 2 unspecified atom stereocenters. The predicted molar refractivity (Wildman–Crippen MR) is 133 cm³/mol. The van der Waals surface area contributed by atoms with Crippen LogP contribution in [-0.2, 0) is 14.4 Å². The van der Waals surface area contributed by atoms with Crippen LogP contribution >= 0.6 is 11.6 Å². The molecule has 2 saturated heterocycles. The van der Waals surface area contributed by atoms with E-state index in [4.69, 9.17) is 42.2 Å². The lowest BCUT2D eigenvalue weighted by atomic mass is 9.94. The number of benzene rings is 1. The number of nitrogens with two attached hydrogens (primary N) is 1. The van der Waals surface area contributed by atoms with Crippen molar-refractivity contribution in [3.8, 4) is 0 Å². The maximum absolute atomic E-state index is 10.3. The number of carboxylic acids is 3. The summed E-state index contributed by atoms with van der Waals surface area (Å²) in [4.78, 5) is 41.7. The minimum atomic E-state index is -2.74. The molecular formula is C23H26ClN5O8. The first-order chi connectivity index (χ1) is 17.5. The number of piperidine rings is 1. The van der Waals surface area contributed by atoms with Gasteiger partial charge in [0, 0.05) is 29.5 Å². The van der Waals surface area contributed by atoms with E-state index in [0.717, 1.165) is 41.9 Å². The first-order valence-electron chi connectivity index (χ1n) is 11.5. The summed E-state index contributed by atoms with van der Waals surface area (Å²) in [5.41, 5.74) is 5.43. The van der Waals surface area contributed by atoms with Crippen molar-refractivity contribution in [2.45, 2.75) is 37.3 Å². The minimum Gasteiger partial charge on any atom is -0.481 e. The van der Waals surface area contributed by atoms with Gasteiger partial charge in [-0.2, -0.15) is 4.98 Å². The molecule has 0 bridgehead atoms. The van der Waals surface area contributed by atoms with Crippen LogP contribution in [0, 0.1) is 5.92 Å². The van der Waals surface area contributed by atoms with Gasteiger partial charge in [0.25, 0.3) is 0 Å². The number of hydrogen-bond acceptors (Lipinski definition) is 10. The summed E-state index contributed by atoms with van der Waals surface area (Å²) >= 11 is 6.13. The highest BCUT2D eigenvalue weighted by Crippen LogP contribution is 2.37. The Hall–Kier alpha value is -3.68. The van der Waals surface area contributed by atoms with Crippen molar-refractivity contribution in [1.82, 2.24) is 15.3 Å². The van der Waals surface area contributed by atoms with Crippen LogP contribution in [0.1, 0.15) is 25.7 Å². The average Bonchev–Trinajstić information content (AvgIpc) is 3.39. The van der Waals surface area contributed by atoms with Crippen LogP contribution in [0.5, 0.6) is 0 Å². The molecule has 3 aromatic rings. The Morgan fingerprint density at radius 2 is 1.86 bits per heavy atom. The zero-order chi connectivity index (χ0) is 26.9. The van der Waals surface area contributed by atoms with Crippen LogP contribution in [0.3, 0.4) is 0 Å². The highest BCUT2D eigenvalue weighted by Gasteiger charge is 2.41. The van der Waals surface area contributed by atoms with E-state index in [1.54, 1.807) is 0 Å². The molecule has 2 aromatic heterocycles. The molecule has 0 aliphatic carbocycles. The summed E-state index contributed by atoms with van der Waals surface area (Å²) in [6.07, 6.45) is 0.205. The van der Waals surface area contributed by atoms with Gasteiger partial charge in [0.15, 0.2) is 17.0 Å². The molecule has 2 atom stereocenters. The second-order valence-corrected chi connectivity index (χ2v) is 9.61. The number of nitrogens with one attached hydrogen (secondary N) is 1. The smallest absolute Gasteiger partial charge is 0.336 e. The van der Waals surface area contributed by atoms with Crippen molar-refractivity contribution in [2.24, 2.45) is 5.92 Å². The quantitative estimate of drug-likeness (QED) is 0.264. The zero-order valence-electron chi connectivity index (χ0n) is 19.6. The summed E-state index contributed by atoms with van der Waals surface area (Å²) in [5.74, 6) is -3.30. The number of anilines is 2. The molecule has 0 saturated carbocycles. The third-order valence-corrected chi connectivity index (χ3v) is 6.69. The number of nitrogen functional groups attached to an aromatic ring is 1. The first-order valence-corrected chi connectivity index (χ1v) is 11.9. The number of carboxylic acid groups (broad SMARTS) is 3. The number of aliphatic carboxylic acids is 3. The SMILES string of the molecule is Nc1nc(N2CC3CCCNC3C2)c2oc3ccc(Cl)cc3c2n1.O=C(O)CC(O)(CC(=O)O)C(=O)O.